The van der Waals surface area contributed by atoms with Gasteiger partial charge in [-0.05, 0) is 13.0 Å². The molecule has 114 valence electrons. The van der Waals surface area contributed by atoms with Crippen LogP contribution in [0.25, 0.3) is 0 Å². The summed E-state index contributed by atoms with van der Waals surface area (Å²) in [6.45, 7) is 4.77. The van der Waals surface area contributed by atoms with E-state index in [2.05, 4.69) is 24.1 Å². The Kier molecular flexibility index (Phi) is 5.94. The Balaban J connectivity index is 0.00000200. The average Bonchev–Trinajstić information content (AvgIpc) is 2.82. The number of hydrogen-bond donors (Lipinski definition) is 2. The predicted molar refractivity (Wildman–Crippen MR) is 82.6 cm³/mol. The van der Waals surface area contributed by atoms with E-state index in [0.717, 1.165) is 17.8 Å². The monoisotopic (exact) mass is 319 g/mol. The van der Waals surface area contributed by atoms with Crippen molar-refractivity contribution in [2.45, 2.75) is 38.8 Å². The van der Waals surface area contributed by atoms with Crippen molar-refractivity contribution in [2.24, 2.45) is 11.1 Å². The van der Waals surface area contributed by atoms with Crippen molar-refractivity contribution in [1.29, 1.82) is 0 Å². The quantitative estimate of drug-likeness (QED) is 0.864. The lowest BCUT2D eigenvalue weighted by atomic mass is 9.64. The number of thiazole rings is 1. The number of halogens is 1. The molecule has 1 aliphatic carbocycles. The SMILES string of the molecule is COC1CC(NC(=O)c2csc(CCN)n2)C1(C)C.Cl. The number of carbonyl (C=O) groups is 1. The second-order valence-electron chi connectivity index (χ2n) is 5.47. The molecule has 20 heavy (non-hydrogen) atoms. The summed E-state index contributed by atoms with van der Waals surface area (Å²) < 4.78 is 5.38. The van der Waals surface area contributed by atoms with Gasteiger partial charge in [-0.15, -0.1) is 23.7 Å². The van der Waals surface area contributed by atoms with Crippen molar-refractivity contribution in [3.63, 3.8) is 0 Å². The molecule has 2 atom stereocenters. The lowest BCUT2D eigenvalue weighted by Crippen LogP contribution is -2.61. The molecule has 2 unspecified atom stereocenters. The maximum absolute atomic E-state index is 12.1. The first-order valence-electron chi connectivity index (χ1n) is 6.47. The standard InChI is InChI=1S/C13H21N3O2S.ClH/c1-13(2)9(6-10(13)18-3)16-12(17)8-7-19-11(15-8)4-5-14;/h7,9-10H,4-6,14H2,1-3H3,(H,16,17);1H. The highest BCUT2D eigenvalue weighted by Crippen LogP contribution is 2.42. The Labute approximate surface area is 129 Å². The highest BCUT2D eigenvalue weighted by Gasteiger charge is 2.49. The van der Waals surface area contributed by atoms with Crippen LogP contribution in [0.3, 0.4) is 0 Å². The lowest BCUT2D eigenvalue weighted by Gasteiger charge is -2.51. The van der Waals surface area contributed by atoms with E-state index in [9.17, 15) is 4.79 Å². The highest BCUT2D eigenvalue weighted by atomic mass is 35.5. The summed E-state index contributed by atoms with van der Waals surface area (Å²) in [5.41, 5.74) is 5.94. The molecule has 0 aliphatic heterocycles. The number of nitrogens with two attached hydrogens (primary N) is 1. The smallest absolute Gasteiger partial charge is 0.270 e. The molecule has 1 aromatic rings. The lowest BCUT2D eigenvalue weighted by molar-refractivity contribution is -0.0942. The zero-order chi connectivity index (χ0) is 14.0. The normalized spacial score (nSPS) is 23.6. The first-order chi connectivity index (χ1) is 8.98. The third kappa shape index (κ3) is 3.31. The van der Waals surface area contributed by atoms with E-state index < -0.39 is 0 Å². The number of amides is 1. The Morgan fingerprint density at radius 3 is 2.90 bits per heavy atom. The van der Waals surface area contributed by atoms with Crippen LogP contribution in [0, 0.1) is 5.41 Å². The first-order valence-corrected chi connectivity index (χ1v) is 7.35. The van der Waals surface area contributed by atoms with Gasteiger partial charge in [0.1, 0.15) is 5.69 Å². The van der Waals surface area contributed by atoms with Gasteiger partial charge in [-0.1, -0.05) is 13.8 Å². The maximum atomic E-state index is 12.1. The van der Waals surface area contributed by atoms with E-state index >= 15 is 0 Å². The summed E-state index contributed by atoms with van der Waals surface area (Å²) in [6.07, 6.45) is 1.79. The Morgan fingerprint density at radius 1 is 1.65 bits per heavy atom. The van der Waals surface area contributed by atoms with Crippen LogP contribution in [0.1, 0.15) is 35.8 Å². The molecule has 1 aromatic heterocycles. The summed E-state index contributed by atoms with van der Waals surface area (Å²) in [4.78, 5) is 16.4. The molecule has 2 rings (SSSR count). The molecule has 0 spiro atoms. The minimum Gasteiger partial charge on any atom is -0.381 e. The van der Waals surface area contributed by atoms with Crippen LogP contribution in [-0.4, -0.2) is 36.7 Å². The Bertz CT molecular complexity index is 464. The summed E-state index contributed by atoms with van der Waals surface area (Å²) in [5.74, 6) is -0.104. The Hall–Kier alpha value is -0.690. The van der Waals surface area contributed by atoms with Crippen molar-refractivity contribution in [3.8, 4) is 0 Å². The molecule has 1 heterocycles. The number of ether oxygens (including phenoxy) is 1. The fourth-order valence-electron chi connectivity index (χ4n) is 2.42. The molecule has 0 radical (unpaired) electrons. The van der Waals surface area contributed by atoms with E-state index in [4.69, 9.17) is 10.5 Å². The summed E-state index contributed by atoms with van der Waals surface area (Å²) in [6, 6.07) is 0.143. The fraction of sp³-hybridized carbons (Fsp3) is 0.692. The molecule has 7 heteroatoms. The molecule has 3 N–H and O–H groups in total. The van der Waals surface area contributed by atoms with Gasteiger partial charge in [0.15, 0.2) is 0 Å². The third-order valence-corrected chi connectivity index (χ3v) is 4.82. The van der Waals surface area contributed by atoms with Gasteiger partial charge in [0.25, 0.3) is 5.91 Å². The van der Waals surface area contributed by atoms with Gasteiger partial charge in [-0.3, -0.25) is 4.79 Å². The average molecular weight is 320 g/mol. The second kappa shape index (κ2) is 6.85. The van der Waals surface area contributed by atoms with Crippen LogP contribution in [0.5, 0.6) is 0 Å². The number of hydrogen-bond acceptors (Lipinski definition) is 5. The number of nitrogens with zero attached hydrogens (tertiary/aromatic N) is 1. The van der Waals surface area contributed by atoms with Crippen LogP contribution < -0.4 is 11.1 Å². The number of rotatable bonds is 5. The van der Waals surface area contributed by atoms with E-state index in [-0.39, 0.29) is 35.9 Å². The number of methoxy groups -OCH3 is 1. The Morgan fingerprint density at radius 2 is 2.35 bits per heavy atom. The molecule has 0 bridgehead atoms. The third-order valence-electron chi connectivity index (χ3n) is 3.91. The van der Waals surface area contributed by atoms with Crippen molar-refractivity contribution in [2.75, 3.05) is 13.7 Å². The molecule has 1 aliphatic rings. The molecule has 0 saturated heterocycles. The molecule has 1 amide bonds. The van der Waals surface area contributed by atoms with E-state index in [1.54, 1.807) is 12.5 Å². The van der Waals surface area contributed by atoms with Gasteiger partial charge < -0.3 is 15.8 Å². The van der Waals surface area contributed by atoms with Crippen LogP contribution >= 0.6 is 23.7 Å². The van der Waals surface area contributed by atoms with E-state index in [1.165, 1.54) is 11.3 Å². The zero-order valence-corrected chi connectivity index (χ0v) is 13.6. The highest BCUT2D eigenvalue weighted by molar-refractivity contribution is 7.09. The van der Waals surface area contributed by atoms with Crippen LogP contribution in [0.2, 0.25) is 0 Å². The van der Waals surface area contributed by atoms with Crippen molar-refractivity contribution >= 4 is 29.7 Å². The number of carbonyl (C=O) groups excluding carboxylic acids is 1. The van der Waals surface area contributed by atoms with Gasteiger partial charge in [0, 0.05) is 30.4 Å². The van der Waals surface area contributed by atoms with Crippen LogP contribution in [0.15, 0.2) is 5.38 Å². The second-order valence-corrected chi connectivity index (χ2v) is 6.42. The molecular formula is C13H22ClN3O2S. The fourth-order valence-corrected chi connectivity index (χ4v) is 3.21. The van der Waals surface area contributed by atoms with Crippen LogP contribution in [-0.2, 0) is 11.2 Å². The molecule has 0 aromatic carbocycles. The maximum Gasteiger partial charge on any atom is 0.270 e. The summed E-state index contributed by atoms with van der Waals surface area (Å²) in [5, 5.41) is 5.74. The van der Waals surface area contributed by atoms with E-state index in [0.29, 0.717) is 12.2 Å². The minimum absolute atomic E-state index is 0. The first kappa shape index (κ1) is 17.4. The molecule has 5 nitrogen and oxygen atoms in total. The minimum atomic E-state index is -0.104. The molecular weight excluding hydrogens is 298 g/mol. The van der Waals surface area contributed by atoms with Crippen LogP contribution in [0.4, 0.5) is 0 Å². The van der Waals surface area contributed by atoms with Gasteiger partial charge >= 0.3 is 0 Å². The molecule has 1 saturated carbocycles. The van der Waals surface area contributed by atoms with Gasteiger partial charge in [0.2, 0.25) is 0 Å². The van der Waals surface area contributed by atoms with Gasteiger partial charge in [-0.2, -0.15) is 0 Å². The molecule has 1 fully saturated rings. The topological polar surface area (TPSA) is 77.2 Å². The number of nitrogens with one attached hydrogen (secondary N) is 1. The van der Waals surface area contributed by atoms with Crippen molar-refractivity contribution in [3.05, 3.63) is 16.1 Å². The van der Waals surface area contributed by atoms with Crippen molar-refractivity contribution < 1.29 is 9.53 Å². The van der Waals surface area contributed by atoms with E-state index in [1.807, 2.05) is 0 Å². The van der Waals surface area contributed by atoms with Gasteiger partial charge in [-0.25, -0.2) is 4.98 Å². The largest absolute Gasteiger partial charge is 0.381 e. The van der Waals surface area contributed by atoms with Gasteiger partial charge in [0.05, 0.1) is 11.1 Å². The van der Waals surface area contributed by atoms with Crippen molar-refractivity contribution in [1.82, 2.24) is 10.3 Å². The predicted octanol–water partition coefficient (Wildman–Crippen LogP) is 1.61. The zero-order valence-electron chi connectivity index (χ0n) is 12.0. The summed E-state index contributed by atoms with van der Waals surface area (Å²) in [7, 11) is 1.71. The number of aromatic nitrogens is 1. The summed E-state index contributed by atoms with van der Waals surface area (Å²) >= 11 is 1.48.